The van der Waals surface area contributed by atoms with E-state index in [1.807, 2.05) is 0 Å². The molecule has 0 bridgehead atoms. The van der Waals surface area contributed by atoms with E-state index in [-0.39, 0.29) is 5.69 Å². The van der Waals surface area contributed by atoms with Crippen molar-refractivity contribution in [2.75, 3.05) is 38.3 Å². The van der Waals surface area contributed by atoms with E-state index in [0.29, 0.717) is 0 Å². The van der Waals surface area contributed by atoms with Crippen LogP contribution in [-0.2, 0) is 9.47 Å². The molecule has 1 aromatic rings. The SMILES string of the molecule is CCCOCCCCOCCCNc1ccc([N+](=O)[O-])cc1. The van der Waals surface area contributed by atoms with Gasteiger partial charge < -0.3 is 14.8 Å². The van der Waals surface area contributed by atoms with Crippen LogP contribution in [0.25, 0.3) is 0 Å². The van der Waals surface area contributed by atoms with E-state index in [0.717, 1.165) is 64.3 Å². The van der Waals surface area contributed by atoms with E-state index in [1.165, 1.54) is 12.1 Å². The molecule has 22 heavy (non-hydrogen) atoms. The Morgan fingerprint density at radius 2 is 1.59 bits per heavy atom. The second-order valence-electron chi connectivity index (χ2n) is 5.02. The molecule has 0 aliphatic rings. The highest BCUT2D eigenvalue weighted by molar-refractivity contribution is 5.48. The molecule has 124 valence electrons. The molecule has 0 aromatic heterocycles. The Balaban J connectivity index is 1.94. The Labute approximate surface area is 132 Å². The summed E-state index contributed by atoms with van der Waals surface area (Å²) in [6.07, 6.45) is 4.04. The molecule has 0 saturated carbocycles. The van der Waals surface area contributed by atoms with Crippen molar-refractivity contribution in [3.05, 3.63) is 34.4 Å². The van der Waals surface area contributed by atoms with Crippen LogP contribution in [-0.4, -0.2) is 37.9 Å². The number of anilines is 1. The molecule has 0 fully saturated rings. The molecule has 0 heterocycles. The molecule has 0 amide bonds. The maximum absolute atomic E-state index is 10.5. The molecular weight excluding hydrogens is 284 g/mol. The topological polar surface area (TPSA) is 73.6 Å². The number of nitro benzene ring substituents is 1. The first-order valence-corrected chi connectivity index (χ1v) is 7.88. The molecule has 6 nitrogen and oxygen atoms in total. The van der Waals surface area contributed by atoms with Crippen LogP contribution in [0, 0.1) is 10.1 Å². The number of nitrogens with zero attached hydrogens (tertiary/aromatic N) is 1. The predicted octanol–water partition coefficient (Wildman–Crippen LogP) is 3.62. The highest BCUT2D eigenvalue weighted by Gasteiger charge is 2.03. The number of unbranched alkanes of at least 4 members (excludes halogenated alkanes) is 1. The minimum atomic E-state index is -0.398. The van der Waals surface area contributed by atoms with Crippen LogP contribution in [0.15, 0.2) is 24.3 Å². The number of nitrogens with one attached hydrogen (secondary N) is 1. The van der Waals surface area contributed by atoms with Crippen molar-refractivity contribution in [1.29, 1.82) is 0 Å². The van der Waals surface area contributed by atoms with Gasteiger partial charge in [0.25, 0.3) is 5.69 Å². The summed E-state index contributed by atoms with van der Waals surface area (Å²) in [6.45, 7) is 6.04. The fourth-order valence-corrected chi connectivity index (χ4v) is 1.86. The lowest BCUT2D eigenvalue weighted by Crippen LogP contribution is -2.07. The molecule has 1 N–H and O–H groups in total. The van der Waals surface area contributed by atoms with Crippen molar-refractivity contribution in [3.8, 4) is 0 Å². The molecule has 0 saturated heterocycles. The molecular formula is C16H26N2O4. The van der Waals surface area contributed by atoms with Crippen LogP contribution in [0.1, 0.15) is 32.6 Å². The van der Waals surface area contributed by atoms with Crippen LogP contribution in [0.3, 0.4) is 0 Å². The van der Waals surface area contributed by atoms with Gasteiger partial charge in [-0.05, 0) is 37.8 Å². The zero-order valence-corrected chi connectivity index (χ0v) is 13.3. The minimum Gasteiger partial charge on any atom is -0.385 e. The third-order valence-corrected chi connectivity index (χ3v) is 3.05. The summed E-state index contributed by atoms with van der Waals surface area (Å²) in [5.41, 5.74) is 0.996. The first kappa shape index (κ1) is 18.4. The van der Waals surface area contributed by atoms with Crippen LogP contribution in [0.5, 0.6) is 0 Å². The Hall–Kier alpha value is -1.66. The van der Waals surface area contributed by atoms with Crippen molar-refractivity contribution in [3.63, 3.8) is 0 Å². The van der Waals surface area contributed by atoms with Gasteiger partial charge in [-0.25, -0.2) is 0 Å². The number of hydrogen-bond acceptors (Lipinski definition) is 5. The Kier molecular flexibility index (Phi) is 9.98. The summed E-state index contributed by atoms with van der Waals surface area (Å²) in [4.78, 5) is 10.1. The monoisotopic (exact) mass is 310 g/mol. The lowest BCUT2D eigenvalue weighted by molar-refractivity contribution is -0.384. The summed E-state index contributed by atoms with van der Waals surface area (Å²) in [6, 6.07) is 6.43. The van der Waals surface area contributed by atoms with Gasteiger partial charge in [-0.1, -0.05) is 6.92 Å². The molecule has 1 aromatic carbocycles. The molecule has 0 atom stereocenters. The van der Waals surface area contributed by atoms with Gasteiger partial charge in [-0.15, -0.1) is 0 Å². The van der Waals surface area contributed by atoms with E-state index in [2.05, 4.69) is 12.2 Å². The van der Waals surface area contributed by atoms with E-state index in [4.69, 9.17) is 9.47 Å². The van der Waals surface area contributed by atoms with Crippen molar-refractivity contribution in [2.24, 2.45) is 0 Å². The minimum absolute atomic E-state index is 0.108. The zero-order valence-electron chi connectivity index (χ0n) is 13.3. The van der Waals surface area contributed by atoms with Crippen molar-refractivity contribution in [1.82, 2.24) is 0 Å². The number of hydrogen-bond donors (Lipinski definition) is 1. The number of rotatable bonds is 13. The normalized spacial score (nSPS) is 10.6. The summed E-state index contributed by atoms with van der Waals surface area (Å²) in [5, 5.41) is 13.7. The fourth-order valence-electron chi connectivity index (χ4n) is 1.86. The molecule has 0 unspecified atom stereocenters. The van der Waals surface area contributed by atoms with Gasteiger partial charge in [-0.2, -0.15) is 0 Å². The quantitative estimate of drug-likeness (QED) is 0.342. The number of ether oxygens (including phenoxy) is 2. The average molecular weight is 310 g/mol. The summed E-state index contributed by atoms with van der Waals surface area (Å²) < 4.78 is 10.9. The zero-order chi connectivity index (χ0) is 16.0. The highest BCUT2D eigenvalue weighted by atomic mass is 16.6. The average Bonchev–Trinajstić information content (AvgIpc) is 2.53. The number of nitro groups is 1. The molecule has 1 rings (SSSR count). The standard InChI is InChI=1S/C16H26N2O4/c1-2-11-21-12-3-4-13-22-14-5-10-17-15-6-8-16(9-7-15)18(19)20/h6-9,17H,2-5,10-14H2,1H3. The molecule has 6 heteroatoms. The molecule has 0 aliphatic heterocycles. The maximum Gasteiger partial charge on any atom is 0.269 e. The predicted molar refractivity (Wildman–Crippen MR) is 87.4 cm³/mol. The molecule has 0 spiro atoms. The smallest absolute Gasteiger partial charge is 0.269 e. The van der Waals surface area contributed by atoms with Crippen LogP contribution in [0.2, 0.25) is 0 Å². The molecule has 0 radical (unpaired) electrons. The van der Waals surface area contributed by atoms with Gasteiger partial charge in [0, 0.05) is 50.8 Å². The van der Waals surface area contributed by atoms with Crippen molar-refractivity contribution >= 4 is 11.4 Å². The number of non-ortho nitro benzene ring substituents is 1. The second-order valence-corrected chi connectivity index (χ2v) is 5.02. The van der Waals surface area contributed by atoms with Crippen molar-refractivity contribution in [2.45, 2.75) is 32.6 Å². The van der Waals surface area contributed by atoms with Crippen molar-refractivity contribution < 1.29 is 14.4 Å². The summed E-state index contributed by atoms with van der Waals surface area (Å²) in [7, 11) is 0. The Morgan fingerprint density at radius 3 is 2.18 bits per heavy atom. The largest absolute Gasteiger partial charge is 0.385 e. The van der Waals surface area contributed by atoms with Crippen LogP contribution >= 0.6 is 0 Å². The van der Waals surface area contributed by atoms with E-state index >= 15 is 0 Å². The first-order chi connectivity index (χ1) is 10.7. The van der Waals surface area contributed by atoms with Gasteiger partial charge >= 0.3 is 0 Å². The van der Waals surface area contributed by atoms with E-state index in [1.54, 1.807) is 12.1 Å². The second kappa shape index (κ2) is 11.9. The summed E-state index contributed by atoms with van der Waals surface area (Å²) in [5.74, 6) is 0. The molecule has 0 aliphatic carbocycles. The highest BCUT2D eigenvalue weighted by Crippen LogP contribution is 2.15. The third kappa shape index (κ3) is 8.59. The van der Waals surface area contributed by atoms with E-state index < -0.39 is 4.92 Å². The van der Waals surface area contributed by atoms with E-state index in [9.17, 15) is 10.1 Å². The fraction of sp³-hybridized carbons (Fsp3) is 0.625. The van der Waals surface area contributed by atoms with Gasteiger partial charge in [0.05, 0.1) is 4.92 Å². The maximum atomic E-state index is 10.5. The lowest BCUT2D eigenvalue weighted by Gasteiger charge is -2.07. The number of benzene rings is 1. The third-order valence-electron chi connectivity index (χ3n) is 3.05. The Morgan fingerprint density at radius 1 is 1.00 bits per heavy atom. The van der Waals surface area contributed by atoms with Gasteiger partial charge in [0.1, 0.15) is 0 Å². The first-order valence-electron chi connectivity index (χ1n) is 7.88. The van der Waals surface area contributed by atoms with Gasteiger partial charge in [0.2, 0.25) is 0 Å². The van der Waals surface area contributed by atoms with Gasteiger partial charge in [0.15, 0.2) is 0 Å². The van der Waals surface area contributed by atoms with Crippen LogP contribution in [0.4, 0.5) is 11.4 Å². The van der Waals surface area contributed by atoms with Crippen LogP contribution < -0.4 is 5.32 Å². The lowest BCUT2D eigenvalue weighted by atomic mass is 10.3. The summed E-state index contributed by atoms with van der Waals surface area (Å²) >= 11 is 0. The van der Waals surface area contributed by atoms with Gasteiger partial charge in [-0.3, -0.25) is 10.1 Å². The Bertz CT molecular complexity index is 409.